The molecule has 3 aromatic carbocycles. The number of hydrogen-bond donors (Lipinski definition) is 0. The van der Waals surface area contributed by atoms with E-state index in [2.05, 4.69) is 15.9 Å². The number of para-hydroxylation sites is 1. The van der Waals surface area contributed by atoms with E-state index in [9.17, 15) is 9.59 Å². The minimum absolute atomic E-state index is 0.106. The number of carbonyl (C=O) groups excluding carboxylic acids is 1. The average Bonchev–Trinajstić information content (AvgIpc) is 2.76. The minimum Gasteiger partial charge on any atom is -0.465 e. The molecule has 5 nitrogen and oxygen atoms in total. The number of nitrogens with zero attached hydrogens (tertiary/aromatic N) is 2. The van der Waals surface area contributed by atoms with Gasteiger partial charge in [0, 0.05) is 10.0 Å². The third-order valence-corrected chi connectivity index (χ3v) is 5.21. The highest BCUT2D eigenvalue weighted by atomic mass is 79.9. The van der Waals surface area contributed by atoms with Crippen LogP contribution in [0.25, 0.3) is 22.3 Å². The number of hydrogen-bond acceptors (Lipinski definition) is 4. The standard InChI is InChI=1S/C23H17BrN2O3/c1-29-23(28)17-8-6-15(7-9-17)14-26-21(16-10-12-18(24)13-11-16)25-20-5-3-2-4-19(20)22(26)27/h2-13H,14H2,1H3. The first-order valence-electron chi connectivity index (χ1n) is 8.99. The van der Waals surface area contributed by atoms with Gasteiger partial charge in [-0.2, -0.15) is 0 Å². The number of aromatic nitrogens is 2. The molecule has 29 heavy (non-hydrogen) atoms. The van der Waals surface area contributed by atoms with Crippen LogP contribution in [0.3, 0.4) is 0 Å². The molecule has 0 unspecified atom stereocenters. The van der Waals surface area contributed by atoms with E-state index in [1.807, 2.05) is 54.6 Å². The number of benzene rings is 3. The first-order chi connectivity index (χ1) is 14.1. The normalized spacial score (nSPS) is 10.8. The van der Waals surface area contributed by atoms with Crippen LogP contribution in [0, 0.1) is 0 Å². The van der Waals surface area contributed by atoms with Gasteiger partial charge in [-0.3, -0.25) is 9.36 Å². The SMILES string of the molecule is COC(=O)c1ccc(Cn2c(-c3ccc(Br)cc3)nc3ccccc3c2=O)cc1. The van der Waals surface area contributed by atoms with Crippen LogP contribution in [-0.4, -0.2) is 22.6 Å². The van der Waals surface area contributed by atoms with Crippen LogP contribution < -0.4 is 5.56 Å². The molecule has 0 bridgehead atoms. The molecule has 6 heteroatoms. The van der Waals surface area contributed by atoms with Gasteiger partial charge in [0.15, 0.2) is 0 Å². The largest absolute Gasteiger partial charge is 0.465 e. The molecule has 0 amide bonds. The number of carbonyl (C=O) groups is 1. The first kappa shape index (κ1) is 19.1. The van der Waals surface area contributed by atoms with Crippen molar-refractivity contribution in [3.63, 3.8) is 0 Å². The van der Waals surface area contributed by atoms with E-state index in [0.717, 1.165) is 15.6 Å². The fraction of sp³-hybridized carbons (Fsp3) is 0.0870. The zero-order valence-corrected chi connectivity index (χ0v) is 17.2. The van der Waals surface area contributed by atoms with E-state index < -0.39 is 5.97 Å². The van der Waals surface area contributed by atoms with Gasteiger partial charge in [0.25, 0.3) is 5.56 Å². The summed E-state index contributed by atoms with van der Waals surface area (Å²) < 4.78 is 7.36. The Kier molecular flexibility index (Phi) is 5.27. The van der Waals surface area contributed by atoms with Crippen molar-refractivity contribution < 1.29 is 9.53 Å². The summed E-state index contributed by atoms with van der Waals surface area (Å²) in [4.78, 5) is 29.7. The highest BCUT2D eigenvalue weighted by Gasteiger charge is 2.14. The van der Waals surface area contributed by atoms with Gasteiger partial charge in [-0.1, -0.05) is 52.3 Å². The van der Waals surface area contributed by atoms with Crippen molar-refractivity contribution in [1.82, 2.24) is 9.55 Å². The number of ether oxygens (including phenoxy) is 1. The molecule has 0 spiro atoms. The quantitative estimate of drug-likeness (QED) is 0.426. The number of methoxy groups -OCH3 is 1. The average molecular weight is 449 g/mol. The van der Waals surface area contributed by atoms with E-state index >= 15 is 0 Å². The fourth-order valence-corrected chi connectivity index (χ4v) is 3.45. The summed E-state index contributed by atoms with van der Waals surface area (Å²) in [6.45, 7) is 0.337. The van der Waals surface area contributed by atoms with E-state index in [-0.39, 0.29) is 5.56 Å². The molecule has 4 rings (SSSR count). The van der Waals surface area contributed by atoms with Gasteiger partial charge >= 0.3 is 5.97 Å². The lowest BCUT2D eigenvalue weighted by Gasteiger charge is -2.14. The van der Waals surface area contributed by atoms with Crippen LogP contribution in [0.4, 0.5) is 0 Å². The lowest BCUT2D eigenvalue weighted by atomic mass is 10.1. The summed E-state index contributed by atoms with van der Waals surface area (Å²) in [5, 5.41) is 0.569. The molecule has 0 N–H and O–H groups in total. The molecule has 0 atom stereocenters. The molecule has 144 valence electrons. The van der Waals surface area contributed by atoms with Gasteiger partial charge in [0.05, 0.1) is 30.1 Å². The monoisotopic (exact) mass is 448 g/mol. The molecular weight excluding hydrogens is 432 g/mol. The molecule has 1 heterocycles. The topological polar surface area (TPSA) is 61.2 Å². The van der Waals surface area contributed by atoms with Crippen LogP contribution in [0.1, 0.15) is 15.9 Å². The van der Waals surface area contributed by atoms with E-state index in [1.165, 1.54) is 7.11 Å². The smallest absolute Gasteiger partial charge is 0.337 e. The van der Waals surface area contributed by atoms with Crippen molar-refractivity contribution in [1.29, 1.82) is 0 Å². The highest BCUT2D eigenvalue weighted by Crippen LogP contribution is 2.22. The molecular formula is C23H17BrN2O3. The Hall–Kier alpha value is -3.25. The van der Waals surface area contributed by atoms with Crippen LogP contribution in [-0.2, 0) is 11.3 Å². The van der Waals surface area contributed by atoms with Crippen molar-refractivity contribution in [2.45, 2.75) is 6.54 Å². The van der Waals surface area contributed by atoms with Crippen LogP contribution in [0.5, 0.6) is 0 Å². The van der Waals surface area contributed by atoms with E-state index in [1.54, 1.807) is 22.8 Å². The third-order valence-electron chi connectivity index (χ3n) is 4.68. The zero-order valence-electron chi connectivity index (χ0n) is 15.6. The molecule has 0 fully saturated rings. The maximum absolute atomic E-state index is 13.3. The molecule has 0 radical (unpaired) electrons. The van der Waals surface area contributed by atoms with Crippen molar-refractivity contribution in [2.24, 2.45) is 0 Å². The number of esters is 1. The van der Waals surface area contributed by atoms with E-state index in [0.29, 0.717) is 28.8 Å². The Morgan fingerprint density at radius 3 is 2.38 bits per heavy atom. The van der Waals surface area contributed by atoms with Crippen molar-refractivity contribution >= 4 is 32.8 Å². The summed E-state index contributed by atoms with van der Waals surface area (Å²) in [5.41, 5.74) is 2.75. The van der Waals surface area contributed by atoms with Crippen molar-refractivity contribution in [2.75, 3.05) is 7.11 Å². The summed E-state index contributed by atoms with van der Waals surface area (Å²) in [6, 6.07) is 22.1. The van der Waals surface area contributed by atoms with Gasteiger partial charge < -0.3 is 4.74 Å². The predicted molar refractivity (Wildman–Crippen MR) is 116 cm³/mol. The zero-order chi connectivity index (χ0) is 20.4. The summed E-state index contributed by atoms with van der Waals surface area (Å²) >= 11 is 3.44. The molecule has 1 aromatic heterocycles. The lowest BCUT2D eigenvalue weighted by Crippen LogP contribution is -2.24. The Morgan fingerprint density at radius 1 is 1.00 bits per heavy atom. The Balaban J connectivity index is 1.84. The molecule has 4 aromatic rings. The Bertz CT molecular complexity index is 1250. The Morgan fingerprint density at radius 2 is 1.69 bits per heavy atom. The maximum Gasteiger partial charge on any atom is 0.337 e. The molecule has 0 aliphatic carbocycles. The van der Waals surface area contributed by atoms with Gasteiger partial charge in [0.2, 0.25) is 0 Å². The molecule has 0 aliphatic heterocycles. The van der Waals surface area contributed by atoms with Crippen molar-refractivity contribution in [3.8, 4) is 11.4 Å². The van der Waals surface area contributed by atoms with Crippen LogP contribution in [0.2, 0.25) is 0 Å². The maximum atomic E-state index is 13.3. The van der Waals surface area contributed by atoms with Crippen LogP contribution in [0.15, 0.2) is 82.1 Å². The van der Waals surface area contributed by atoms with Gasteiger partial charge in [-0.05, 0) is 42.0 Å². The molecule has 0 saturated carbocycles. The van der Waals surface area contributed by atoms with Crippen LogP contribution >= 0.6 is 15.9 Å². The minimum atomic E-state index is -0.392. The fourth-order valence-electron chi connectivity index (χ4n) is 3.18. The second kappa shape index (κ2) is 8.01. The second-order valence-electron chi connectivity index (χ2n) is 6.54. The van der Waals surface area contributed by atoms with Gasteiger partial charge in [-0.15, -0.1) is 0 Å². The second-order valence-corrected chi connectivity index (χ2v) is 7.45. The highest BCUT2D eigenvalue weighted by molar-refractivity contribution is 9.10. The summed E-state index contributed by atoms with van der Waals surface area (Å²) in [6.07, 6.45) is 0. The number of rotatable bonds is 4. The molecule has 0 aliphatic rings. The summed E-state index contributed by atoms with van der Waals surface area (Å²) in [7, 11) is 1.35. The van der Waals surface area contributed by atoms with Gasteiger partial charge in [-0.25, -0.2) is 9.78 Å². The first-order valence-corrected chi connectivity index (χ1v) is 9.79. The number of fused-ring (bicyclic) bond motifs is 1. The molecule has 0 saturated heterocycles. The van der Waals surface area contributed by atoms with E-state index in [4.69, 9.17) is 9.72 Å². The van der Waals surface area contributed by atoms with Crippen molar-refractivity contribution in [3.05, 3.63) is 98.7 Å². The Labute approximate surface area is 175 Å². The predicted octanol–water partition coefficient (Wildman–Crippen LogP) is 4.66. The van der Waals surface area contributed by atoms with Gasteiger partial charge in [0.1, 0.15) is 5.82 Å². The number of halogens is 1. The summed E-state index contributed by atoms with van der Waals surface area (Å²) in [5.74, 6) is 0.204. The lowest BCUT2D eigenvalue weighted by molar-refractivity contribution is 0.0600. The third kappa shape index (κ3) is 3.84.